The fourth-order valence-corrected chi connectivity index (χ4v) is 3.16. The minimum Gasteiger partial charge on any atom is -0.457 e. The molecule has 1 aliphatic heterocycles. The quantitative estimate of drug-likeness (QED) is 0.236. The van der Waals surface area contributed by atoms with Crippen LogP contribution in [0.3, 0.4) is 0 Å². The maximum absolute atomic E-state index is 12.1. The first kappa shape index (κ1) is 18.9. The number of carbonyl (C=O) groups excluding carboxylic acids is 1. The number of cyclic esters (lactones) is 1. The number of esters is 1. The number of hydrogen-bond donors (Lipinski definition) is 0. The van der Waals surface area contributed by atoms with Crippen molar-refractivity contribution in [3.05, 3.63) is 91.8 Å². The number of nitro groups is 1. The smallest absolute Gasteiger partial charge is 0.363 e. The van der Waals surface area contributed by atoms with E-state index in [-0.39, 0.29) is 17.3 Å². The van der Waals surface area contributed by atoms with Gasteiger partial charge in [0.2, 0.25) is 5.90 Å². The van der Waals surface area contributed by atoms with Gasteiger partial charge >= 0.3 is 5.97 Å². The van der Waals surface area contributed by atoms with Crippen molar-refractivity contribution >= 4 is 46.8 Å². The number of benzene rings is 2. The number of halogens is 2. The average Bonchev–Trinajstić information content (AvgIpc) is 3.29. The van der Waals surface area contributed by atoms with Crippen LogP contribution >= 0.6 is 23.2 Å². The van der Waals surface area contributed by atoms with Gasteiger partial charge in [-0.2, -0.15) is 0 Å². The number of non-ortho nitro benzene ring substituents is 1. The first-order valence-electron chi connectivity index (χ1n) is 8.23. The van der Waals surface area contributed by atoms with E-state index < -0.39 is 10.9 Å². The van der Waals surface area contributed by atoms with Gasteiger partial charge in [-0.1, -0.05) is 23.2 Å². The Kier molecular flexibility index (Phi) is 4.92. The molecule has 0 atom stereocenters. The van der Waals surface area contributed by atoms with Gasteiger partial charge in [0.15, 0.2) is 5.70 Å². The lowest BCUT2D eigenvalue weighted by Crippen LogP contribution is -2.05. The number of ether oxygens (including phenoxy) is 1. The number of nitrogens with zero attached hydrogens (tertiary/aromatic N) is 2. The summed E-state index contributed by atoms with van der Waals surface area (Å²) >= 11 is 12.1. The van der Waals surface area contributed by atoms with E-state index in [1.54, 1.807) is 30.3 Å². The van der Waals surface area contributed by atoms with Crippen LogP contribution in [0.4, 0.5) is 5.69 Å². The van der Waals surface area contributed by atoms with Crippen LogP contribution in [0.15, 0.2) is 69.7 Å². The topological polar surface area (TPSA) is 94.9 Å². The summed E-state index contributed by atoms with van der Waals surface area (Å²) < 4.78 is 10.9. The lowest BCUT2D eigenvalue weighted by molar-refractivity contribution is -0.384. The van der Waals surface area contributed by atoms with Crippen molar-refractivity contribution in [3.63, 3.8) is 0 Å². The Balaban J connectivity index is 1.60. The molecule has 0 fully saturated rings. The number of rotatable bonds is 4. The number of nitro benzene ring substituents is 1. The highest BCUT2D eigenvalue weighted by Crippen LogP contribution is 2.32. The van der Waals surface area contributed by atoms with Gasteiger partial charge in [-0.15, -0.1) is 0 Å². The average molecular weight is 429 g/mol. The molecule has 144 valence electrons. The summed E-state index contributed by atoms with van der Waals surface area (Å²) in [6.07, 6.45) is 1.44. The summed E-state index contributed by atoms with van der Waals surface area (Å²) in [4.78, 5) is 26.5. The zero-order valence-corrected chi connectivity index (χ0v) is 16.0. The normalized spacial score (nSPS) is 14.8. The molecule has 9 heteroatoms. The molecule has 0 bridgehead atoms. The van der Waals surface area contributed by atoms with Crippen molar-refractivity contribution in [2.45, 2.75) is 0 Å². The van der Waals surface area contributed by atoms with Crippen LogP contribution in [0.2, 0.25) is 10.0 Å². The standard InChI is InChI=1S/C20H10Cl2N2O5/c21-12-3-7-15(16(22)9-12)18-8-6-14(28-18)10-17-20(25)29-19(23-17)11-1-4-13(5-2-11)24(26)27/h1-10H/b17-10-. The van der Waals surface area contributed by atoms with E-state index in [4.69, 9.17) is 32.4 Å². The molecule has 3 aromatic rings. The Morgan fingerprint density at radius 2 is 1.79 bits per heavy atom. The Morgan fingerprint density at radius 1 is 1.03 bits per heavy atom. The lowest BCUT2D eigenvalue weighted by atomic mass is 10.2. The lowest BCUT2D eigenvalue weighted by Gasteiger charge is -2.00. The third kappa shape index (κ3) is 3.91. The predicted molar refractivity (Wildman–Crippen MR) is 108 cm³/mol. The molecule has 0 radical (unpaired) electrons. The van der Waals surface area contributed by atoms with Crippen LogP contribution in [-0.2, 0) is 9.53 Å². The summed E-state index contributed by atoms with van der Waals surface area (Å²) in [5.74, 6) is 0.292. The zero-order valence-electron chi connectivity index (χ0n) is 14.5. The van der Waals surface area contributed by atoms with Crippen molar-refractivity contribution in [1.29, 1.82) is 0 Å². The van der Waals surface area contributed by atoms with E-state index in [0.717, 1.165) is 0 Å². The second-order valence-corrected chi connectivity index (χ2v) is 6.81. The first-order valence-corrected chi connectivity index (χ1v) is 8.99. The Bertz CT molecular complexity index is 1200. The molecule has 29 heavy (non-hydrogen) atoms. The summed E-state index contributed by atoms with van der Waals surface area (Å²) in [5.41, 5.74) is 1.07. The minimum absolute atomic E-state index is 0.0430. The summed E-state index contributed by atoms with van der Waals surface area (Å²) in [6, 6.07) is 13.9. The summed E-state index contributed by atoms with van der Waals surface area (Å²) in [5, 5.41) is 11.7. The van der Waals surface area contributed by atoms with Crippen molar-refractivity contribution in [2.75, 3.05) is 0 Å². The van der Waals surface area contributed by atoms with Gasteiger partial charge in [0, 0.05) is 34.4 Å². The van der Waals surface area contributed by atoms with E-state index in [0.29, 0.717) is 32.7 Å². The second-order valence-electron chi connectivity index (χ2n) is 5.97. The van der Waals surface area contributed by atoms with E-state index in [1.807, 2.05) is 0 Å². The molecular formula is C20H10Cl2N2O5. The highest BCUT2D eigenvalue weighted by atomic mass is 35.5. The summed E-state index contributed by atoms with van der Waals surface area (Å²) in [7, 11) is 0. The third-order valence-corrected chi connectivity index (χ3v) is 4.60. The molecule has 7 nitrogen and oxygen atoms in total. The van der Waals surface area contributed by atoms with Gasteiger partial charge in [-0.25, -0.2) is 9.79 Å². The van der Waals surface area contributed by atoms with Crippen molar-refractivity contribution in [2.24, 2.45) is 4.99 Å². The number of aliphatic imine (C=N–C) groups is 1. The highest BCUT2D eigenvalue weighted by Gasteiger charge is 2.25. The molecular weight excluding hydrogens is 419 g/mol. The van der Waals surface area contributed by atoms with Crippen LogP contribution < -0.4 is 0 Å². The highest BCUT2D eigenvalue weighted by molar-refractivity contribution is 6.36. The Labute approximate surface area is 174 Å². The summed E-state index contributed by atoms with van der Waals surface area (Å²) in [6.45, 7) is 0. The Hall–Kier alpha value is -3.42. The van der Waals surface area contributed by atoms with Crippen molar-refractivity contribution < 1.29 is 18.9 Å². The molecule has 0 saturated carbocycles. The fraction of sp³-hybridized carbons (Fsp3) is 0. The second kappa shape index (κ2) is 7.54. The molecule has 0 spiro atoms. The molecule has 0 unspecified atom stereocenters. The van der Waals surface area contributed by atoms with Gasteiger partial charge in [0.05, 0.1) is 9.95 Å². The van der Waals surface area contributed by atoms with Gasteiger partial charge in [0.25, 0.3) is 5.69 Å². The van der Waals surface area contributed by atoms with E-state index in [9.17, 15) is 14.9 Å². The van der Waals surface area contributed by atoms with Gasteiger partial charge in [-0.3, -0.25) is 10.1 Å². The van der Waals surface area contributed by atoms with Crippen LogP contribution in [0.25, 0.3) is 17.4 Å². The molecule has 4 rings (SSSR count). The maximum atomic E-state index is 12.1. The maximum Gasteiger partial charge on any atom is 0.363 e. The monoisotopic (exact) mass is 428 g/mol. The molecule has 0 aliphatic carbocycles. The zero-order chi connectivity index (χ0) is 20.5. The van der Waals surface area contributed by atoms with E-state index >= 15 is 0 Å². The van der Waals surface area contributed by atoms with Crippen LogP contribution in [0.5, 0.6) is 0 Å². The van der Waals surface area contributed by atoms with Crippen molar-refractivity contribution in [3.8, 4) is 11.3 Å². The molecule has 0 amide bonds. The first-order chi connectivity index (χ1) is 13.9. The largest absolute Gasteiger partial charge is 0.457 e. The molecule has 1 aliphatic rings. The van der Waals surface area contributed by atoms with Crippen molar-refractivity contribution in [1.82, 2.24) is 0 Å². The molecule has 0 N–H and O–H groups in total. The molecule has 2 aromatic carbocycles. The van der Waals surface area contributed by atoms with Crippen LogP contribution in [-0.4, -0.2) is 16.8 Å². The Morgan fingerprint density at radius 3 is 2.48 bits per heavy atom. The number of furan rings is 1. The molecule has 1 aromatic heterocycles. The molecule has 0 saturated heterocycles. The number of carbonyl (C=O) groups is 1. The predicted octanol–water partition coefficient (Wildman–Crippen LogP) is 5.51. The SMILES string of the molecule is O=C1OC(c2ccc([N+](=O)[O-])cc2)=N/C1=C\c1ccc(-c2ccc(Cl)cc2Cl)o1. The van der Waals surface area contributed by atoms with Crippen LogP contribution in [0.1, 0.15) is 11.3 Å². The van der Waals surface area contributed by atoms with E-state index in [2.05, 4.69) is 4.99 Å². The number of hydrogen-bond acceptors (Lipinski definition) is 6. The molecule has 2 heterocycles. The van der Waals surface area contributed by atoms with Gasteiger partial charge in [-0.05, 0) is 42.5 Å². The third-order valence-electron chi connectivity index (χ3n) is 4.05. The minimum atomic E-state index is -0.652. The van der Waals surface area contributed by atoms with Gasteiger partial charge < -0.3 is 9.15 Å². The van der Waals surface area contributed by atoms with E-state index in [1.165, 1.54) is 30.3 Å². The van der Waals surface area contributed by atoms with Gasteiger partial charge in [0.1, 0.15) is 11.5 Å². The fourth-order valence-electron chi connectivity index (χ4n) is 2.66. The van der Waals surface area contributed by atoms with Crippen LogP contribution in [0, 0.1) is 10.1 Å².